The highest BCUT2D eigenvalue weighted by molar-refractivity contribution is 6.03. The molecule has 0 radical (unpaired) electrons. The summed E-state index contributed by atoms with van der Waals surface area (Å²) in [6.45, 7) is 2.18. The van der Waals surface area contributed by atoms with E-state index in [0.717, 1.165) is 12.8 Å². The smallest absolute Gasteiger partial charge is 0.228 e. The predicted molar refractivity (Wildman–Crippen MR) is 51.7 cm³/mol. The van der Waals surface area contributed by atoms with E-state index in [1.54, 1.807) is 0 Å². The zero-order valence-corrected chi connectivity index (χ0v) is 7.68. The quantitative estimate of drug-likeness (QED) is 0.255. The Morgan fingerprint density at radius 3 is 2.75 bits per heavy atom. The first-order valence-corrected chi connectivity index (χ1v) is 4.48. The minimum atomic E-state index is -0.231. The number of unbranched alkanes of at least 4 members (excludes halogenated alkanes) is 4. The minimum Gasteiger partial charge on any atom is -0.280 e. The van der Waals surface area contributed by atoms with Gasteiger partial charge in [-0.25, -0.2) is 0 Å². The molecule has 1 heteroatoms. The Morgan fingerprint density at radius 2 is 2.17 bits per heavy atom. The van der Waals surface area contributed by atoms with Crippen LogP contribution in [0.5, 0.6) is 0 Å². The summed E-state index contributed by atoms with van der Waals surface area (Å²) in [5.74, 6) is 1.81. The molecule has 12 heavy (non-hydrogen) atoms. The van der Waals surface area contributed by atoms with Gasteiger partial charge in [-0.05, 0) is 24.8 Å². The Kier molecular flexibility index (Phi) is 7.38. The zero-order valence-electron chi connectivity index (χ0n) is 7.68. The average molecular weight is 164 g/mol. The van der Waals surface area contributed by atoms with Gasteiger partial charge >= 0.3 is 0 Å². The summed E-state index contributed by atoms with van der Waals surface area (Å²) in [7, 11) is 0. The Morgan fingerprint density at radius 1 is 1.42 bits per heavy atom. The Labute approximate surface area is 74.9 Å². The molecule has 0 aromatic heterocycles. The monoisotopic (exact) mass is 164 g/mol. The number of hydrogen-bond donors (Lipinski definition) is 0. The van der Waals surface area contributed by atoms with Crippen molar-refractivity contribution in [3.05, 3.63) is 12.2 Å². The third-order valence-corrected chi connectivity index (χ3v) is 1.64. The molecular formula is C11H16O. The number of terminal acetylenes is 1. The minimum absolute atomic E-state index is 0.231. The molecule has 0 aromatic rings. The number of rotatable bonds is 6. The van der Waals surface area contributed by atoms with Crippen molar-refractivity contribution in [2.45, 2.75) is 39.0 Å². The molecule has 0 aliphatic carbocycles. The van der Waals surface area contributed by atoms with E-state index in [-0.39, 0.29) is 5.78 Å². The van der Waals surface area contributed by atoms with E-state index >= 15 is 0 Å². The van der Waals surface area contributed by atoms with Crippen LogP contribution in [0.1, 0.15) is 39.0 Å². The van der Waals surface area contributed by atoms with Gasteiger partial charge in [0.25, 0.3) is 0 Å². The standard InChI is InChI=1S/C11H16O/c1-3-5-6-7-8-9-10-11(12)4-2/h2,9-10H,3,5-8H2,1H3/b10-9+. The molecule has 0 saturated carbocycles. The summed E-state index contributed by atoms with van der Waals surface area (Å²) < 4.78 is 0. The molecule has 0 aliphatic heterocycles. The number of ketones is 1. The van der Waals surface area contributed by atoms with E-state index in [2.05, 4.69) is 6.92 Å². The van der Waals surface area contributed by atoms with E-state index in [1.165, 1.54) is 25.3 Å². The first-order chi connectivity index (χ1) is 5.81. The second-order valence-corrected chi connectivity index (χ2v) is 2.76. The summed E-state index contributed by atoms with van der Waals surface area (Å²) >= 11 is 0. The van der Waals surface area contributed by atoms with Gasteiger partial charge < -0.3 is 0 Å². The molecule has 0 rings (SSSR count). The van der Waals surface area contributed by atoms with E-state index in [9.17, 15) is 4.79 Å². The molecule has 0 saturated heterocycles. The van der Waals surface area contributed by atoms with Crippen LogP contribution < -0.4 is 0 Å². The van der Waals surface area contributed by atoms with Crippen LogP contribution in [0, 0.1) is 12.3 Å². The predicted octanol–water partition coefficient (Wildman–Crippen LogP) is 2.72. The lowest BCUT2D eigenvalue weighted by molar-refractivity contribution is -0.109. The molecule has 66 valence electrons. The van der Waals surface area contributed by atoms with Gasteiger partial charge in [0.1, 0.15) is 0 Å². The van der Waals surface area contributed by atoms with E-state index in [4.69, 9.17) is 6.42 Å². The number of hydrogen-bond acceptors (Lipinski definition) is 1. The molecule has 0 aromatic carbocycles. The van der Waals surface area contributed by atoms with E-state index in [0.29, 0.717) is 0 Å². The first kappa shape index (κ1) is 11.0. The third-order valence-electron chi connectivity index (χ3n) is 1.64. The highest BCUT2D eigenvalue weighted by atomic mass is 16.1. The van der Waals surface area contributed by atoms with Crippen LogP contribution in [0.15, 0.2) is 12.2 Å². The number of carbonyl (C=O) groups excluding carboxylic acids is 1. The average Bonchev–Trinajstić information content (AvgIpc) is 2.10. The molecule has 0 amide bonds. The molecule has 0 atom stereocenters. The van der Waals surface area contributed by atoms with Crippen LogP contribution >= 0.6 is 0 Å². The van der Waals surface area contributed by atoms with Gasteiger partial charge in [0.15, 0.2) is 0 Å². The summed E-state index contributed by atoms with van der Waals surface area (Å²) in [5, 5.41) is 0. The van der Waals surface area contributed by atoms with Crippen LogP contribution in [0.3, 0.4) is 0 Å². The molecule has 0 heterocycles. The maximum atomic E-state index is 10.6. The lowest BCUT2D eigenvalue weighted by Gasteiger charge is -1.92. The highest BCUT2D eigenvalue weighted by Crippen LogP contribution is 2.02. The molecule has 0 fully saturated rings. The molecular weight excluding hydrogens is 148 g/mol. The lowest BCUT2D eigenvalue weighted by atomic mass is 10.1. The van der Waals surface area contributed by atoms with Crippen molar-refractivity contribution in [2.24, 2.45) is 0 Å². The van der Waals surface area contributed by atoms with Crippen LogP contribution in [-0.2, 0) is 4.79 Å². The molecule has 0 aliphatic rings. The van der Waals surface area contributed by atoms with Gasteiger partial charge in [-0.15, -0.1) is 6.42 Å². The van der Waals surface area contributed by atoms with Crippen molar-refractivity contribution in [1.29, 1.82) is 0 Å². The second-order valence-electron chi connectivity index (χ2n) is 2.76. The largest absolute Gasteiger partial charge is 0.280 e. The first-order valence-electron chi connectivity index (χ1n) is 4.48. The van der Waals surface area contributed by atoms with Gasteiger partial charge in [-0.3, -0.25) is 4.79 Å². The van der Waals surface area contributed by atoms with E-state index in [1.807, 2.05) is 12.0 Å². The van der Waals surface area contributed by atoms with E-state index < -0.39 is 0 Å². The normalized spacial score (nSPS) is 10.0. The van der Waals surface area contributed by atoms with Crippen LogP contribution in [0.25, 0.3) is 0 Å². The molecule has 0 unspecified atom stereocenters. The summed E-state index contributed by atoms with van der Waals surface area (Å²) in [4.78, 5) is 10.6. The Bertz CT molecular complexity index is 184. The lowest BCUT2D eigenvalue weighted by Crippen LogP contribution is -1.83. The summed E-state index contributed by atoms with van der Waals surface area (Å²) in [6.07, 6.45) is 14.1. The molecule has 0 N–H and O–H groups in total. The van der Waals surface area contributed by atoms with Crippen molar-refractivity contribution >= 4 is 5.78 Å². The fraction of sp³-hybridized carbons (Fsp3) is 0.545. The maximum Gasteiger partial charge on any atom is 0.228 e. The van der Waals surface area contributed by atoms with Crippen molar-refractivity contribution < 1.29 is 4.79 Å². The van der Waals surface area contributed by atoms with Gasteiger partial charge in [-0.1, -0.05) is 32.3 Å². The SMILES string of the molecule is C#CC(=O)/C=C/CCCCCC. The van der Waals surface area contributed by atoms with Crippen molar-refractivity contribution in [1.82, 2.24) is 0 Å². The second kappa shape index (κ2) is 8.07. The van der Waals surface area contributed by atoms with Gasteiger partial charge in [0.2, 0.25) is 5.78 Å². The topological polar surface area (TPSA) is 17.1 Å². The maximum absolute atomic E-state index is 10.6. The fourth-order valence-corrected chi connectivity index (χ4v) is 0.927. The van der Waals surface area contributed by atoms with Crippen LogP contribution in [0.4, 0.5) is 0 Å². The van der Waals surface area contributed by atoms with Gasteiger partial charge in [-0.2, -0.15) is 0 Å². The molecule has 1 nitrogen and oxygen atoms in total. The van der Waals surface area contributed by atoms with Crippen LogP contribution in [-0.4, -0.2) is 5.78 Å². The van der Waals surface area contributed by atoms with Crippen molar-refractivity contribution in [3.63, 3.8) is 0 Å². The molecule has 0 bridgehead atoms. The van der Waals surface area contributed by atoms with Crippen molar-refractivity contribution in [3.8, 4) is 12.3 Å². The zero-order chi connectivity index (χ0) is 9.23. The van der Waals surface area contributed by atoms with Crippen molar-refractivity contribution in [2.75, 3.05) is 0 Å². The highest BCUT2D eigenvalue weighted by Gasteiger charge is 1.86. The number of carbonyl (C=O) groups is 1. The number of allylic oxidation sites excluding steroid dienone is 2. The van der Waals surface area contributed by atoms with Gasteiger partial charge in [0, 0.05) is 0 Å². The summed E-state index contributed by atoms with van der Waals surface area (Å²) in [6, 6.07) is 0. The fourth-order valence-electron chi connectivity index (χ4n) is 0.927. The molecule has 0 spiro atoms. The third kappa shape index (κ3) is 7.08. The Balaban J connectivity index is 3.26. The van der Waals surface area contributed by atoms with Crippen LogP contribution in [0.2, 0.25) is 0 Å². The Hall–Kier alpha value is -1.03. The van der Waals surface area contributed by atoms with Gasteiger partial charge in [0.05, 0.1) is 0 Å². The summed E-state index contributed by atoms with van der Waals surface area (Å²) in [5.41, 5.74) is 0.